The molecule has 0 bridgehead atoms. The molecule has 0 radical (unpaired) electrons. The van der Waals surface area contributed by atoms with E-state index in [2.05, 4.69) is 4.98 Å². The maximum Gasteiger partial charge on any atom is 0.132 e. The highest BCUT2D eigenvalue weighted by molar-refractivity contribution is 5.51. The van der Waals surface area contributed by atoms with E-state index in [0.29, 0.717) is 0 Å². The SMILES string of the molecule is COc1ccn2c(C(C)(C)N)ncc2c1. The number of rotatable bonds is 2. The van der Waals surface area contributed by atoms with Crippen LogP contribution in [0.3, 0.4) is 0 Å². The molecule has 2 aromatic heterocycles. The smallest absolute Gasteiger partial charge is 0.132 e. The number of pyridine rings is 1. The van der Waals surface area contributed by atoms with Gasteiger partial charge in [-0.2, -0.15) is 0 Å². The molecule has 4 nitrogen and oxygen atoms in total. The molecule has 0 aliphatic heterocycles. The van der Waals surface area contributed by atoms with Crippen LogP contribution in [0.1, 0.15) is 19.7 Å². The number of nitrogens with two attached hydrogens (primary N) is 1. The summed E-state index contributed by atoms with van der Waals surface area (Å²) in [5.41, 5.74) is 6.57. The minimum absolute atomic E-state index is 0.443. The van der Waals surface area contributed by atoms with Gasteiger partial charge in [0.25, 0.3) is 0 Å². The Morgan fingerprint density at radius 1 is 1.47 bits per heavy atom. The largest absolute Gasteiger partial charge is 0.497 e. The molecule has 0 spiro atoms. The molecule has 80 valence electrons. The fourth-order valence-electron chi connectivity index (χ4n) is 1.58. The van der Waals surface area contributed by atoms with Gasteiger partial charge in [0.05, 0.1) is 24.4 Å². The van der Waals surface area contributed by atoms with E-state index < -0.39 is 5.54 Å². The average molecular weight is 205 g/mol. The molecule has 2 heterocycles. The number of fused-ring (bicyclic) bond motifs is 1. The Balaban J connectivity index is 2.62. The summed E-state index contributed by atoms with van der Waals surface area (Å²) in [4.78, 5) is 4.32. The van der Waals surface area contributed by atoms with Crippen LogP contribution in [0.5, 0.6) is 5.75 Å². The van der Waals surface area contributed by atoms with Crippen molar-refractivity contribution in [2.45, 2.75) is 19.4 Å². The zero-order valence-electron chi connectivity index (χ0n) is 9.19. The van der Waals surface area contributed by atoms with Crippen molar-refractivity contribution in [3.05, 3.63) is 30.4 Å². The molecule has 0 aliphatic carbocycles. The Morgan fingerprint density at radius 2 is 2.20 bits per heavy atom. The fraction of sp³-hybridized carbons (Fsp3) is 0.364. The molecule has 0 saturated heterocycles. The third-order valence-electron chi connectivity index (χ3n) is 2.32. The first-order valence-corrected chi connectivity index (χ1v) is 4.83. The molecule has 2 aromatic rings. The van der Waals surface area contributed by atoms with Gasteiger partial charge < -0.3 is 14.9 Å². The molecule has 0 aromatic carbocycles. The van der Waals surface area contributed by atoms with Gasteiger partial charge in [0.15, 0.2) is 0 Å². The molecule has 0 fully saturated rings. The predicted molar refractivity (Wildman–Crippen MR) is 59.0 cm³/mol. The second-order valence-corrected chi connectivity index (χ2v) is 4.16. The Hall–Kier alpha value is -1.55. The first-order chi connectivity index (χ1) is 7.02. The van der Waals surface area contributed by atoms with Crippen LogP contribution < -0.4 is 10.5 Å². The Morgan fingerprint density at radius 3 is 2.80 bits per heavy atom. The number of ether oxygens (including phenoxy) is 1. The van der Waals surface area contributed by atoms with Gasteiger partial charge in [-0.1, -0.05) is 0 Å². The quantitative estimate of drug-likeness (QED) is 0.809. The number of imidazole rings is 1. The maximum absolute atomic E-state index is 6.02. The van der Waals surface area contributed by atoms with Gasteiger partial charge in [-0.15, -0.1) is 0 Å². The monoisotopic (exact) mass is 205 g/mol. The van der Waals surface area contributed by atoms with Gasteiger partial charge in [0.1, 0.15) is 11.6 Å². The molecule has 2 N–H and O–H groups in total. The summed E-state index contributed by atoms with van der Waals surface area (Å²) in [7, 11) is 1.65. The van der Waals surface area contributed by atoms with E-state index in [-0.39, 0.29) is 0 Å². The first kappa shape index (κ1) is 9.98. The number of hydrogen-bond donors (Lipinski definition) is 1. The third kappa shape index (κ3) is 1.68. The topological polar surface area (TPSA) is 52.5 Å². The van der Waals surface area contributed by atoms with E-state index in [1.54, 1.807) is 13.3 Å². The molecule has 15 heavy (non-hydrogen) atoms. The van der Waals surface area contributed by atoms with Gasteiger partial charge in [0, 0.05) is 12.3 Å². The highest BCUT2D eigenvalue weighted by Crippen LogP contribution is 2.20. The van der Waals surface area contributed by atoms with E-state index in [4.69, 9.17) is 10.5 Å². The lowest BCUT2D eigenvalue weighted by molar-refractivity contribution is 0.414. The third-order valence-corrected chi connectivity index (χ3v) is 2.32. The minimum atomic E-state index is -0.443. The van der Waals surface area contributed by atoms with E-state index in [0.717, 1.165) is 17.1 Å². The van der Waals surface area contributed by atoms with E-state index in [1.165, 1.54) is 0 Å². The summed E-state index contributed by atoms with van der Waals surface area (Å²) in [5, 5.41) is 0. The van der Waals surface area contributed by atoms with Gasteiger partial charge in [-0.3, -0.25) is 0 Å². The Bertz CT molecular complexity index is 482. The Labute approximate surface area is 88.7 Å². The first-order valence-electron chi connectivity index (χ1n) is 4.83. The molecular weight excluding hydrogens is 190 g/mol. The number of aromatic nitrogens is 2. The molecule has 2 rings (SSSR count). The average Bonchev–Trinajstić information content (AvgIpc) is 2.59. The summed E-state index contributed by atoms with van der Waals surface area (Å²) in [6, 6.07) is 3.83. The van der Waals surface area contributed by atoms with Crippen LogP contribution in [0.2, 0.25) is 0 Å². The second kappa shape index (κ2) is 3.24. The maximum atomic E-state index is 6.02. The van der Waals surface area contributed by atoms with Gasteiger partial charge in [-0.05, 0) is 19.9 Å². The van der Waals surface area contributed by atoms with E-state index in [1.807, 2.05) is 36.6 Å². The zero-order chi connectivity index (χ0) is 11.1. The van der Waals surface area contributed by atoms with Crippen molar-refractivity contribution in [3.8, 4) is 5.75 Å². The number of methoxy groups -OCH3 is 1. The lowest BCUT2D eigenvalue weighted by Gasteiger charge is -2.16. The normalized spacial score (nSPS) is 12.0. The molecule has 0 atom stereocenters. The molecule has 0 unspecified atom stereocenters. The lowest BCUT2D eigenvalue weighted by Crippen LogP contribution is -2.31. The van der Waals surface area contributed by atoms with E-state index >= 15 is 0 Å². The van der Waals surface area contributed by atoms with Crippen molar-refractivity contribution >= 4 is 5.52 Å². The van der Waals surface area contributed by atoms with Crippen molar-refractivity contribution in [3.63, 3.8) is 0 Å². The molecular formula is C11H15N3O. The second-order valence-electron chi connectivity index (χ2n) is 4.16. The number of nitrogens with zero attached hydrogens (tertiary/aromatic N) is 2. The van der Waals surface area contributed by atoms with Crippen LogP contribution in [-0.4, -0.2) is 16.5 Å². The highest BCUT2D eigenvalue weighted by atomic mass is 16.5. The fourth-order valence-corrected chi connectivity index (χ4v) is 1.58. The number of hydrogen-bond acceptors (Lipinski definition) is 3. The lowest BCUT2D eigenvalue weighted by atomic mass is 10.1. The van der Waals surface area contributed by atoms with Crippen LogP contribution in [0.25, 0.3) is 5.52 Å². The molecule has 0 amide bonds. The van der Waals surface area contributed by atoms with Gasteiger partial charge in [-0.25, -0.2) is 4.98 Å². The van der Waals surface area contributed by atoms with Crippen molar-refractivity contribution in [2.75, 3.05) is 7.11 Å². The summed E-state index contributed by atoms with van der Waals surface area (Å²) >= 11 is 0. The molecule has 0 aliphatic rings. The van der Waals surface area contributed by atoms with Crippen LogP contribution in [0.15, 0.2) is 24.5 Å². The standard InChI is InChI=1S/C11H15N3O/c1-11(2,12)10-13-7-8-6-9(15-3)4-5-14(8)10/h4-7H,12H2,1-3H3. The van der Waals surface area contributed by atoms with Crippen LogP contribution in [0, 0.1) is 0 Å². The van der Waals surface area contributed by atoms with Crippen molar-refractivity contribution in [1.82, 2.24) is 9.38 Å². The zero-order valence-corrected chi connectivity index (χ0v) is 9.19. The van der Waals surface area contributed by atoms with Crippen molar-refractivity contribution in [1.29, 1.82) is 0 Å². The van der Waals surface area contributed by atoms with Crippen molar-refractivity contribution < 1.29 is 4.74 Å². The van der Waals surface area contributed by atoms with Gasteiger partial charge in [0.2, 0.25) is 0 Å². The minimum Gasteiger partial charge on any atom is -0.497 e. The Kier molecular flexibility index (Phi) is 2.16. The van der Waals surface area contributed by atoms with Crippen LogP contribution in [-0.2, 0) is 5.54 Å². The molecule has 0 saturated carbocycles. The summed E-state index contributed by atoms with van der Waals surface area (Å²) < 4.78 is 7.12. The van der Waals surface area contributed by atoms with E-state index in [9.17, 15) is 0 Å². The van der Waals surface area contributed by atoms with Crippen molar-refractivity contribution in [2.24, 2.45) is 5.73 Å². The van der Waals surface area contributed by atoms with Gasteiger partial charge >= 0.3 is 0 Å². The highest BCUT2D eigenvalue weighted by Gasteiger charge is 2.19. The summed E-state index contributed by atoms with van der Waals surface area (Å²) in [6.45, 7) is 3.87. The molecule has 4 heteroatoms. The van der Waals surface area contributed by atoms with Crippen LogP contribution in [0.4, 0.5) is 0 Å². The van der Waals surface area contributed by atoms with Crippen LogP contribution >= 0.6 is 0 Å². The predicted octanol–water partition coefficient (Wildman–Crippen LogP) is 1.54. The summed E-state index contributed by atoms with van der Waals surface area (Å²) in [5.74, 6) is 1.67. The summed E-state index contributed by atoms with van der Waals surface area (Å²) in [6.07, 6.45) is 3.72.